The van der Waals surface area contributed by atoms with Crippen molar-refractivity contribution < 1.29 is 0 Å². The van der Waals surface area contributed by atoms with Gasteiger partial charge in [-0.3, -0.25) is 0 Å². The Bertz CT molecular complexity index is 161. The van der Waals surface area contributed by atoms with Gasteiger partial charge in [0.05, 0.1) is 0 Å². The van der Waals surface area contributed by atoms with Gasteiger partial charge in [-0.25, -0.2) is 0 Å². The van der Waals surface area contributed by atoms with Crippen LogP contribution in [0.15, 0.2) is 0 Å². The van der Waals surface area contributed by atoms with Crippen LogP contribution in [0.2, 0.25) is 0 Å². The number of hydrogen-bond acceptors (Lipinski definition) is 0. The summed E-state index contributed by atoms with van der Waals surface area (Å²) in [5.41, 5.74) is 0.707. The fourth-order valence-corrected chi connectivity index (χ4v) is 2.55. The van der Waals surface area contributed by atoms with Crippen LogP contribution in [-0.4, -0.2) is 0 Å². The van der Waals surface area contributed by atoms with Crippen molar-refractivity contribution in [1.29, 1.82) is 0 Å². The fourth-order valence-electron chi connectivity index (χ4n) is 2.55. The molecule has 0 saturated heterocycles. The summed E-state index contributed by atoms with van der Waals surface area (Å²) < 4.78 is 0. The van der Waals surface area contributed by atoms with E-state index in [0.717, 1.165) is 17.8 Å². The Balaban J connectivity index is 2.35. The third-order valence-electron chi connectivity index (χ3n) is 4.58. The first-order chi connectivity index (χ1) is 6.04. The monoisotopic (exact) mass is 182 g/mol. The normalized spacial score (nSPS) is 37.2. The first-order valence-electron chi connectivity index (χ1n) is 6.04. The van der Waals surface area contributed by atoms with Gasteiger partial charge >= 0.3 is 0 Å². The summed E-state index contributed by atoms with van der Waals surface area (Å²) in [7, 11) is 0. The summed E-state index contributed by atoms with van der Waals surface area (Å²) in [5.74, 6) is 2.91. The quantitative estimate of drug-likeness (QED) is 0.587. The zero-order chi connectivity index (χ0) is 10.1. The summed E-state index contributed by atoms with van der Waals surface area (Å²) in [4.78, 5) is 0. The molecule has 0 aromatic rings. The van der Waals surface area contributed by atoms with Crippen molar-refractivity contribution in [3.63, 3.8) is 0 Å². The van der Waals surface area contributed by atoms with Crippen LogP contribution in [-0.2, 0) is 0 Å². The van der Waals surface area contributed by atoms with Gasteiger partial charge in [-0.1, -0.05) is 47.5 Å². The maximum Gasteiger partial charge on any atom is -0.0269 e. The third-order valence-corrected chi connectivity index (χ3v) is 4.58. The van der Waals surface area contributed by atoms with E-state index in [1.54, 1.807) is 0 Å². The van der Waals surface area contributed by atoms with Crippen LogP contribution in [0.3, 0.4) is 0 Å². The molecule has 0 heteroatoms. The van der Waals surface area contributed by atoms with Gasteiger partial charge in [0.15, 0.2) is 0 Å². The summed E-state index contributed by atoms with van der Waals surface area (Å²) in [6, 6.07) is 0. The highest BCUT2D eigenvalue weighted by Crippen LogP contribution is 2.60. The van der Waals surface area contributed by atoms with E-state index in [1.807, 2.05) is 0 Å². The molecule has 1 rings (SSSR count). The maximum atomic E-state index is 2.49. The Morgan fingerprint density at radius 3 is 2.31 bits per heavy atom. The molecular weight excluding hydrogens is 156 g/mol. The zero-order valence-corrected chi connectivity index (χ0v) is 10.1. The Morgan fingerprint density at radius 2 is 1.85 bits per heavy atom. The highest BCUT2D eigenvalue weighted by Gasteiger charge is 2.52. The van der Waals surface area contributed by atoms with Crippen LogP contribution in [0.5, 0.6) is 0 Å². The second kappa shape index (κ2) is 4.02. The minimum absolute atomic E-state index is 0.707. The molecule has 1 aliphatic rings. The lowest BCUT2D eigenvalue weighted by atomic mass is 9.86. The van der Waals surface area contributed by atoms with Crippen molar-refractivity contribution in [2.24, 2.45) is 23.2 Å². The third kappa shape index (κ3) is 2.27. The molecular formula is C13H26. The van der Waals surface area contributed by atoms with Crippen molar-refractivity contribution in [2.45, 2.75) is 60.3 Å². The molecule has 4 unspecified atom stereocenters. The Hall–Kier alpha value is 0. The molecule has 0 N–H and O–H groups in total. The van der Waals surface area contributed by atoms with Crippen LogP contribution in [0.1, 0.15) is 60.3 Å². The van der Waals surface area contributed by atoms with E-state index in [-0.39, 0.29) is 0 Å². The van der Waals surface area contributed by atoms with E-state index in [1.165, 1.54) is 25.7 Å². The van der Waals surface area contributed by atoms with Gasteiger partial charge < -0.3 is 0 Å². The molecule has 1 saturated carbocycles. The van der Waals surface area contributed by atoms with Crippen molar-refractivity contribution in [1.82, 2.24) is 0 Å². The number of hydrogen-bond donors (Lipinski definition) is 0. The van der Waals surface area contributed by atoms with E-state index >= 15 is 0 Å². The van der Waals surface area contributed by atoms with Crippen LogP contribution in [0, 0.1) is 23.2 Å². The second-order valence-corrected chi connectivity index (χ2v) is 5.47. The molecule has 0 aromatic heterocycles. The van der Waals surface area contributed by atoms with Crippen molar-refractivity contribution >= 4 is 0 Å². The Labute approximate surface area is 84.1 Å². The largest absolute Gasteiger partial charge is 0.0651 e. The van der Waals surface area contributed by atoms with E-state index in [9.17, 15) is 0 Å². The molecule has 0 aliphatic heterocycles. The maximum absolute atomic E-state index is 2.49. The molecule has 13 heavy (non-hydrogen) atoms. The SMILES string of the molecule is CCC(C)CC1CC1(C)C(C)CC. The zero-order valence-electron chi connectivity index (χ0n) is 10.1. The standard InChI is InChI=1S/C13H26/c1-6-10(3)8-12-9-13(12,5)11(4)7-2/h10-12H,6-9H2,1-5H3. The Morgan fingerprint density at radius 1 is 1.23 bits per heavy atom. The predicted molar refractivity (Wildman–Crippen MR) is 59.7 cm³/mol. The topological polar surface area (TPSA) is 0 Å². The lowest BCUT2D eigenvalue weighted by Gasteiger charge is -2.20. The average molecular weight is 182 g/mol. The molecule has 78 valence electrons. The average Bonchev–Trinajstić information content (AvgIpc) is 2.76. The summed E-state index contributed by atoms with van der Waals surface area (Å²) in [5, 5.41) is 0. The minimum Gasteiger partial charge on any atom is -0.0651 e. The lowest BCUT2D eigenvalue weighted by Crippen LogP contribution is -2.11. The van der Waals surface area contributed by atoms with Crippen molar-refractivity contribution in [2.75, 3.05) is 0 Å². The molecule has 0 heterocycles. The van der Waals surface area contributed by atoms with Gasteiger partial charge in [-0.15, -0.1) is 0 Å². The minimum atomic E-state index is 0.707. The summed E-state index contributed by atoms with van der Waals surface area (Å²) in [6.07, 6.45) is 5.67. The second-order valence-electron chi connectivity index (χ2n) is 5.47. The molecule has 0 spiro atoms. The lowest BCUT2D eigenvalue weighted by molar-refractivity contribution is 0.299. The summed E-state index contributed by atoms with van der Waals surface area (Å²) >= 11 is 0. The highest BCUT2D eigenvalue weighted by molar-refractivity contribution is 5.01. The first-order valence-corrected chi connectivity index (χ1v) is 6.04. The van der Waals surface area contributed by atoms with Crippen molar-refractivity contribution in [3.05, 3.63) is 0 Å². The Kier molecular flexibility index (Phi) is 3.43. The van der Waals surface area contributed by atoms with E-state index in [2.05, 4.69) is 34.6 Å². The predicted octanol–water partition coefficient (Wildman–Crippen LogP) is 4.49. The summed E-state index contributed by atoms with van der Waals surface area (Å²) in [6.45, 7) is 12.0. The van der Waals surface area contributed by atoms with E-state index < -0.39 is 0 Å². The molecule has 0 amide bonds. The van der Waals surface area contributed by atoms with Gasteiger partial charge in [-0.2, -0.15) is 0 Å². The van der Waals surface area contributed by atoms with E-state index in [4.69, 9.17) is 0 Å². The van der Waals surface area contributed by atoms with Gasteiger partial charge in [0.25, 0.3) is 0 Å². The van der Waals surface area contributed by atoms with Gasteiger partial charge in [-0.05, 0) is 36.0 Å². The van der Waals surface area contributed by atoms with Crippen LogP contribution < -0.4 is 0 Å². The van der Waals surface area contributed by atoms with Crippen LogP contribution in [0.25, 0.3) is 0 Å². The molecule has 0 nitrogen and oxygen atoms in total. The van der Waals surface area contributed by atoms with Crippen LogP contribution in [0.4, 0.5) is 0 Å². The molecule has 1 fully saturated rings. The molecule has 1 aliphatic carbocycles. The van der Waals surface area contributed by atoms with Gasteiger partial charge in [0, 0.05) is 0 Å². The first kappa shape index (κ1) is 11.1. The highest BCUT2D eigenvalue weighted by atomic mass is 14.6. The van der Waals surface area contributed by atoms with Crippen molar-refractivity contribution in [3.8, 4) is 0 Å². The fraction of sp³-hybridized carbons (Fsp3) is 1.00. The number of rotatable bonds is 5. The van der Waals surface area contributed by atoms with Crippen LogP contribution >= 0.6 is 0 Å². The molecule has 4 atom stereocenters. The van der Waals surface area contributed by atoms with E-state index in [0.29, 0.717) is 5.41 Å². The smallest absolute Gasteiger partial charge is 0.0269 e. The molecule has 0 aromatic carbocycles. The van der Waals surface area contributed by atoms with Gasteiger partial charge in [0.2, 0.25) is 0 Å². The van der Waals surface area contributed by atoms with Gasteiger partial charge in [0.1, 0.15) is 0 Å². The molecule has 0 radical (unpaired) electrons. The molecule has 0 bridgehead atoms.